The molecule has 2 aromatic carbocycles. The Kier molecular flexibility index (Phi) is 10.2. The summed E-state index contributed by atoms with van der Waals surface area (Å²) in [5.74, 6) is -0.265. The van der Waals surface area contributed by atoms with E-state index in [1.54, 1.807) is 18.3 Å². The Morgan fingerprint density at radius 1 is 0.976 bits per heavy atom. The van der Waals surface area contributed by atoms with Gasteiger partial charge in [0.25, 0.3) is 0 Å². The summed E-state index contributed by atoms with van der Waals surface area (Å²) in [5.41, 5.74) is 3.77. The highest BCUT2D eigenvalue weighted by molar-refractivity contribution is 5.84. The highest BCUT2D eigenvalue weighted by Gasteiger charge is 2.44. The van der Waals surface area contributed by atoms with Gasteiger partial charge in [0.15, 0.2) is 0 Å². The minimum absolute atomic E-state index is 0.00350. The van der Waals surface area contributed by atoms with Crippen LogP contribution in [0.25, 0.3) is 0 Å². The quantitative estimate of drug-likeness (QED) is 0.242. The second kappa shape index (κ2) is 13.8. The molecule has 0 unspecified atom stereocenters. The number of hydrogen-bond donors (Lipinski definition) is 0. The molecular weight excluding hydrogens is 533 g/mol. The van der Waals surface area contributed by atoms with E-state index in [4.69, 9.17) is 4.74 Å². The van der Waals surface area contributed by atoms with Crippen LogP contribution in [0.1, 0.15) is 43.3 Å². The number of halogens is 3. The molecule has 41 heavy (non-hydrogen) atoms. The van der Waals surface area contributed by atoms with E-state index in [1.807, 2.05) is 30.1 Å². The van der Waals surface area contributed by atoms with Gasteiger partial charge in [0, 0.05) is 38.1 Å². The molecule has 0 bridgehead atoms. The number of benzene rings is 2. The van der Waals surface area contributed by atoms with Gasteiger partial charge in [0.05, 0.1) is 18.3 Å². The van der Waals surface area contributed by atoms with Gasteiger partial charge in [0.2, 0.25) is 5.91 Å². The summed E-state index contributed by atoms with van der Waals surface area (Å²) < 4.78 is 47.4. The van der Waals surface area contributed by atoms with Crippen LogP contribution in [0, 0.1) is 0 Å². The summed E-state index contributed by atoms with van der Waals surface area (Å²) in [6.07, 6.45) is -2.28. The lowest BCUT2D eigenvalue weighted by Crippen LogP contribution is -2.33. The fourth-order valence-electron chi connectivity index (χ4n) is 5.26. The number of aromatic nitrogens is 1. The van der Waals surface area contributed by atoms with Crippen molar-refractivity contribution in [3.8, 4) is 5.75 Å². The van der Waals surface area contributed by atoms with Crippen molar-refractivity contribution < 1.29 is 27.4 Å². The predicted molar refractivity (Wildman–Crippen MR) is 151 cm³/mol. The fourth-order valence-corrected chi connectivity index (χ4v) is 5.26. The molecule has 10 heteroatoms. The third kappa shape index (κ3) is 7.98. The molecule has 1 aromatic heterocycles. The first-order valence-electron chi connectivity index (χ1n) is 13.9. The van der Waals surface area contributed by atoms with E-state index in [-0.39, 0.29) is 23.9 Å². The van der Waals surface area contributed by atoms with Crippen molar-refractivity contribution in [1.82, 2.24) is 14.8 Å². The first-order valence-corrected chi connectivity index (χ1v) is 13.9. The summed E-state index contributed by atoms with van der Waals surface area (Å²) in [5, 5.41) is 0. The van der Waals surface area contributed by atoms with Gasteiger partial charge in [-0.05, 0) is 81.3 Å². The maximum atomic E-state index is 13.7. The predicted octanol–water partition coefficient (Wildman–Crippen LogP) is 5.82. The van der Waals surface area contributed by atoms with Gasteiger partial charge in [0.1, 0.15) is 11.9 Å². The summed E-state index contributed by atoms with van der Waals surface area (Å²) in [6.45, 7) is 7.22. The first-order chi connectivity index (χ1) is 19.7. The molecule has 1 amide bonds. The highest BCUT2D eigenvalue weighted by Crippen LogP contribution is 2.35. The lowest BCUT2D eigenvalue weighted by molar-refractivity contribution is -0.274. The number of anilines is 1. The number of ether oxygens (including phenoxy) is 2. The van der Waals surface area contributed by atoms with Crippen LogP contribution in [0.5, 0.6) is 5.75 Å². The molecular formula is C31H37F3N4O3. The zero-order valence-electron chi connectivity index (χ0n) is 23.7. The van der Waals surface area contributed by atoms with Gasteiger partial charge < -0.3 is 19.3 Å². The molecule has 2 atom stereocenters. The molecule has 1 aliphatic rings. The standard InChI is InChI=1S/C31H37F3N4O3/c1-4-37(5-2)26-13-11-24(12-14-26)29-36(3)28(18-21-40-22-25-8-6-7-19-35-25)30(39)38(29)20-17-23-9-15-27(16-10-23)41-31(32,33)34/h6-16,19,28-29H,4-5,17-18,20-22H2,1-3H3/t28-,29+/m0/s1. The fraction of sp³-hybridized carbons (Fsp3) is 0.419. The highest BCUT2D eigenvalue weighted by atomic mass is 19.4. The Labute approximate surface area is 239 Å². The number of pyridine rings is 1. The van der Waals surface area contributed by atoms with E-state index in [1.165, 1.54) is 12.1 Å². The molecule has 0 N–H and O–H groups in total. The Morgan fingerprint density at radius 3 is 2.29 bits per heavy atom. The molecule has 220 valence electrons. The minimum atomic E-state index is -4.74. The second-order valence-corrected chi connectivity index (χ2v) is 9.95. The average molecular weight is 571 g/mol. The smallest absolute Gasteiger partial charge is 0.406 e. The van der Waals surface area contributed by atoms with Crippen LogP contribution in [-0.2, 0) is 22.6 Å². The van der Waals surface area contributed by atoms with E-state index < -0.39 is 6.36 Å². The molecule has 0 radical (unpaired) electrons. The lowest BCUT2D eigenvalue weighted by Gasteiger charge is -2.30. The Bertz CT molecular complexity index is 1240. The van der Waals surface area contributed by atoms with Crippen LogP contribution in [-0.4, -0.2) is 66.4 Å². The number of rotatable bonds is 13. The number of carbonyl (C=O) groups excluding carboxylic acids is 1. The van der Waals surface area contributed by atoms with Gasteiger partial charge in [-0.25, -0.2) is 0 Å². The Morgan fingerprint density at radius 2 is 1.68 bits per heavy atom. The number of carbonyl (C=O) groups is 1. The summed E-state index contributed by atoms with van der Waals surface area (Å²) in [4.78, 5) is 24.2. The molecule has 7 nitrogen and oxygen atoms in total. The summed E-state index contributed by atoms with van der Waals surface area (Å²) in [7, 11) is 1.95. The largest absolute Gasteiger partial charge is 0.573 e. The maximum Gasteiger partial charge on any atom is 0.573 e. The van der Waals surface area contributed by atoms with Crippen LogP contribution in [0.3, 0.4) is 0 Å². The van der Waals surface area contributed by atoms with Crippen LogP contribution >= 0.6 is 0 Å². The molecule has 1 saturated heterocycles. The minimum Gasteiger partial charge on any atom is -0.406 e. The van der Waals surface area contributed by atoms with Gasteiger partial charge in [-0.1, -0.05) is 30.3 Å². The number of amides is 1. The molecule has 2 heterocycles. The monoisotopic (exact) mass is 570 g/mol. The van der Waals surface area contributed by atoms with Gasteiger partial charge in [-0.3, -0.25) is 14.7 Å². The zero-order chi connectivity index (χ0) is 29.4. The van der Waals surface area contributed by atoms with E-state index in [0.717, 1.165) is 35.6 Å². The molecule has 1 fully saturated rings. The number of likely N-dealkylation sites (N-methyl/N-ethyl adjacent to an activating group) is 1. The summed E-state index contributed by atoms with van der Waals surface area (Å²) in [6, 6.07) is 19.4. The van der Waals surface area contributed by atoms with Gasteiger partial charge in [-0.2, -0.15) is 0 Å². The Balaban J connectivity index is 1.48. The van der Waals surface area contributed by atoms with Crippen molar-refractivity contribution in [2.24, 2.45) is 0 Å². The lowest BCUT2D eigenvalue weighted by atomic mass is 10.1. The van der Waals surface area contributed by atoms with Crippen molar-refractivity contribution in [2.75, 3.05) is 38.2 Å². The Hall–Kier alpha value is -3.63. The maximum absolute atomic E-state index is 13.7. The van der Waals surface area contributed by atoms with Crippen molar-refractivity contribution in [2.45, 2.75) is 51.9 Å². The number of alkyl halides is 3. The van der Waals surface area contributed by atoms with Crippen LogP contribution in [0.2, 0.25) is 0 Å². The summed E-state index contributed by atoms with van der Waals surface area (Å²) >= 11 is 0. The van der Waals surface area contributed by atoms with Crippen molar-refractivity contribution in [3.05, 3.63) is 89.7 Å². The van der Waals surface area contributed by atoms with E-state index in [2.05, 4.69) is 57.6 Å². The van der Waals surface area contributed by atoms with Crippen LogP contribution in [0.15, 0.2) is 72.9 Å². The molecule has 1 aliphatic heterocycles. The first kappa shape index (κ1) is 30.3. The SMILES string of the molecule is CCN(CC)c1ccc([C@H]2N(CCc3ccc(OC(F)(F)F)cc3)C(=O)[C@H](CCOCc3ccccn3)N2C)cc1. The molecule has 4 rings (SSSR count). The van der Waals surface area contributed by atoms with Crippen LogP contribution < -0.4 is 9.64 Å². The number of hydrogen-bond acceptors (Lipinski definition) is 6. The zero-order valence-corrected chi connectivity index (χ0v) is 23.7. The van der Waals surface area contributed by atoms with E-state index in [0.29, 0.717) is 32.6 Å². The molecule has 0 spiro atoms. The molecule has 0 aliphatic carbocycles. The van der Waals surface area contributed by atoms with E-state index in [9.17, 15) is 18.0 Å². The van der Waals surface area contributed by atoms with Gasteiger partial charge in [-0.15, -0.1) is 13.2 Å². The molecule has 3 aromatic rings. The van der Waals surface area contributed by atoms with Crippen molar-refractivity contribution in [1.29, 1.82) is 0 Å². The van der Waals surface area contributed by atoms with Crippen LogP contribution in [0.4, 0.5) is 18.9 Å². The topological polar surface area (TPSA) is 58.1 Å². The van der Waals surface area contributed by atoms with Crippen molar-refractivity contribution in [3.63, 3.8) is 0 Å². The van der Waals surface area contributed by atoms with E-state index >= 15 is 0 Å². The number of nitrogens with zero attached hydrogens (tertiary/aromatic N) is 4. The second-order valence-electron chi connectivity index (χ2n) is 9.95. The van der Waals surface area contributed by atoms with Crippen molar-refractivity contribution >= 4 is 11.6 Å². The van der Waals surface area contributed by atoms with Gasteiger partial charge >= 0.3 is 6.36 Å². The molecule has 0 saturated carbocycles. The third-order valence-corrected chi connectivity index (χ3v) is 7.37. The average Bonchev–Trinajstić information content (AvgIpc) is 3.20. The normalized spacial score (nSPS) is 17.7. The third-order valence-electron chi connectivity index (χ3n) is 7.37.